The summed E-state index contributed by atoms with van der Waals surface area (Å²) in [6.07, 6.45) is 0. The fourth-order valence-electron chi connectivity index (χ4n) is 2.32. The van der Waals surface area contributed by atoms with Crippen LogP contribution in [0.2, 0.25) is 0 Å². The van der Waals surface area contributed by atoms with Crippen LogP contribution in [0, 0.1) is 0 Å². The van der Waals surface area contributed by atoms with Crippen LogP contribution in [0.25, 0.3) is 0 Å². The molecule has 0 aliphatic carbocycles. The number of hydrazine groups is 1. The van der Waals surface area contributed by atoms with Crippen LogP contribution in [-0.2, 0) is 4.79 Å². The average molecular weight is 277 g/mol. The van der Waals surface area contributed by atoms with Gasteiger partial charge in [-0.15, -0.1) is 0 Å². The van der Waals surface area contributed by atoms with E-state index in [1.54, 1.807) is 0 Å². The SMILES string of the molecule is CN1CCN(CC(Nc2ccccc2)C(=O)NN)CC1. The van der Waals surface area contributed by atoms with Gasteiger partial charge in [0, 0.05) is 38.4 Å². The van der Waals surface area contributed by atoms with Crippen molar-refractivity contribution in [2.24, 2.45) is 5.84 Å². The lowest BCUT2D eigenvalue weighted by molar-refractivity contribution is -0.122. The van der Waals surface area contributed by atoms with Gasteiger partial charge in [0.25, 0.3) is 5.91 Å². The normalized spacial score (nSPS) is 18.5. The first-order valence-electron chi connectivity index (χ1n) is 6.92. The minimum Gasteiger partial charge on any atom is -0.373 e. The molecule has 1 amide bonds. The molecule has 1 heterocycles. The van der Waals surface area contributed by atoms with Crippen molar-refractivity contribution in [2.45, 2.75) is 6.04 Å². The zero-order chi connectivity index (χ0) is 14.4. The van der Waals surface area contributed by atoms with E-state index in [1.165, 1.54) is 0 Å². The highest BCUT2D eigenvalue weighted by Crippen LogP contribution is 2.09. The predicted molar refractivity (Wildman–Crippen MR) is 80.1 cm³/mol. The summed E-state index contributed by atoms with van der Waals surface area (Å²) in [6, 6.07) is 9.38. The second kappa shape index (κ2) is 7.23. The Bertz CT molecular complexity index is 417. The first kappa shape index (κ1) is 14.8. The highest BCUT2D eigenvalue weighted by Gasteiger charge is 2.23. The number of hydrogen-bond acceptors (Lipinski definition) is 5. The molecule has 1 saturated heterocycles. The number of amides is 1. The number of anilines is 1. The molecule has 1 aromatic carbocycles. The fourth-order valence-corrected chi connectivity index (χ4v) is 2.32. The predicted octanol–water partition coefficient (Wildman–Crippen LogP) is -0.296. The van der Waals surface area contributed by atoms with Crippen molar-refractivity contribution in [3.63, 3.8) is 0 Å². The maximum atomic E-state index is 11.9. The van der Waals surface area contributed by atoms with Crippen LogP contribution in [0.15, 0.2) is 30.3 Å². The Morgan fingerprint density at radius 3 is 2.50 bits per heavy atom. The number of hydrogen-bond donors (Lipinski definition) is 3. The summed E-state index contributed by atoms with van der Waals surface area (Å²) < 4.78 is 0. The Labute approximate surface area is 119 Å². The van der Waals surface area contributed by atoms with Crippen molar-refractivity contribution in [1.29, 1.82) is 0 Å². The van der Waals surface area contributed by atoms with Gasteiger partial charge >= 0.3 is 0 Å². The Morgan fingerprint density at radius 1 is 1.25 bits per heavy atom. The molecule has 1 fully saturated rings. The van der Waals surface area contributed by atoms with Crippen LogP contribution in [0.4, 0.5) is 5.69 Å². The van der Waals surface area contributed by atoms with Crippen LogP contribution in [0.1, 0.15) is 0 Å². The van der Waals surface area contributed by atoms with Gasteiger partial charge in [-0.25, -0.2) is 5.84 Å². The number of benzene rings is 1. The third kappa shape index (κ3) is 4.19. The van der Waals surface area contributed by atoms with Crippen LogP contribution in [0.3, 0.4) is 0 Å². The summed E-state index contributed by atoms with van der Waals surface area (Å²) in [5, 5.41) is 3.24. The van der Waals surface area contributed by atoms with E-state index in [1.807, 2.05) is 30.3 Å². The van der Waals surface area contributed by atoms with Crippen molar-refractivity contribution < 1.29 is 4.79 Å². The zero-order valence-electron chi connectivity index (χ0n) is 11.9. The molecular weight excluding hydrogens is 254 g/mol. The first-order chi connectivity index (χ1) is 9.69. The van der Waals surface area contributed by atoms with Gasteiger partial charge in [0.2, 0.25) is 0 Å². The number of nitrogens with two attached hydrogens (primary N) is 1. The van der Waals surface area contributed by atoms with E-state index in [4.69, 9.17) is 5.84 Å². The smallest absolute Gasteiger partial charge is 0.257 e. The van der Waals surface area contributed by atoms with E-state index in [0.717, 1.165) is 31.9 Å². The average Bonchev–Trinajstić information content (AvgIpc) is 2.49. The zero-order valence-corrected chi connectivity index (χ0v) is 11.9. The van der Waals surface area contributed by atoms with Gasteiger partial charge in [-0.2, -0.15) is 0 Å². The summed E-state index contributed by atoms with van der Waals surface area (Å²) >= 11 is 0. The standard InChI is InChI=1S/C14H23N5O/c1-18-7-9-19(10-8-18)11-13(14(20)17-15)16-12-5-3-2-4-6-12/h2-6,13,16H,7-11,15H2,1H3,(H,17,20). The molecule has 110 valence electrons. The number of rotatable bonds is 5. The molecule has 1 aromatic rings. The Morgan fingerprint density at radius 2 is 1.90 bits per heavy atom. The number of nitrogens with one attached hydrogen (secondary N) is 2. The van der Waals surface area contributed by atoms with Gasteiger partial charge in [-0.1, -0.05) is 18.2 Å². The second-order valence-electron chi connectivity index (χ2n) is 5.18. The van der Waals surface area contributed by atoms with Gasteiger partial charge in [0.1, 0.15) is 6.04 Å². The molecule has 6 nitrogen and oxygen atoms in total. The van der Waals surface area contributed by atoms with E-state index >= 15 is 0 Å². The van der Waals surface area contributed by atoms with E-state index in [9.17, 15) is 4.79 Å². The summed E-state index contributed by atoms with van der Waals surface area (Å²) in [6.45, 7) is 4.67. The van der Waals surface area contributed by atoms with Crippen molar-refractivity contribution in [3.05, 3.63) is 30.3 Å². The van der Waals surface area contributed by atoms with Crippen molar-refractivity contribution >= 4 is 11.6 Å². The number of carbonyl (C=O) groups excluding carboxylic acids is 1. The van der Waals surface area contributed by atoms with Crippen LogP contribution in [-0.4, -0.2) is 61.5 Å². The fraction of sp³-hybridized carbons (Fsp3) is 0.500. The number of piperazine rings is 1. The lowest BCUT2D eigenvalue weighted by Gasteiger charge is -2.34. The monoisotopic (exact) mass is 277 g/mol. The van der Waals surface area contributed by atoms with Crippen molar-refractivity contribution in [1.82, 2.24) is 15.2 Å². The Hall–Kier alpha value is -1.63. The molecule has 0 saturated carbocycles. The van der Waals surface area contributed by atoms with Gasteiger partial charge < -0.3 is 10.2 Å². The first-order valence-corrected chi connectivity index (χ1v) is 6.92. The molecule has 0 spiro atoms. The molecule has 0 aromatic heterocycles. The Kier molecular flexibility index (Phi) is 5.34. The van der Waals surface area contributed by atoms with E-state index < -0.39 is 0 Å². The summed E-state index contributed by atoms with van der Waals surface area (Å²) in [5.74, 6) is 5.10. The molecule has 20 heavy (non-hydrogen) atoms. The van der Waals surface area contributed by atoms with E-state index in [0.29, 0.717) is 6.54 Å². The van der Waals surface area contributed by atoms with E-state index in [-0.39, 0.29) is 11.9 Å². The number of carbonyl (C=O) groups is 1. The molecule has 1 atom stereocenters. The molecule has 6 heteroatoms. The molecule has 2 rings (SSSR count). The Balaban J connectivity index is 1.95. The van der Waals surface area contributed by atoms with Crippen molar-refractivity contribution in [3.8, 4) is 0 Å². The molecule has 1 aliphatic heterocycles. The molecule has 4 N–H and O–H groups in total. The summed E-state index contributed by atoms with van der Waals surface area (Å²) in [4.78, 5) is 16.5. The third-order valence-electron chi connectivity index (χ3n) is 3.61. The maximum Gasteiger partial charge on any atom is 0.257 e. The van der Waals surface area contributed by atoms with Gasteiger partial charge in [-0.05, 0) is 19.2 Å². The lowest BCUT2D eigenvalue weighted by Crippen LogP contribution is -2.53. The second-order valence-corrected chi connectivity index (χ2v) is 5.18. The highest BCUT2D eigenvalue weighted by atomic mass is 16.2. The summed E-state index contributed by atoms with van der Waals surface area (Å²) in [7, 11) is 2.11. The summed E-state index contributed by atoms with van der Waals surface area (Å²) in [5.41, 5.74) is 3.17. The molecule has 0 radical (unpaired) electrons. The van der Waals surface area contributed by atoms with Crippen LogP contribution >= 0.6 is 0 Å². The lowest BCUT2D eigenvalue weighted by atomic mass is 10.2. The van der Waals surface area contributed by atoms with Crippen LogP contribution < -0.4 is 16.6 Å². The van der Waals surface area contributed by atoms with Crippen LogP contribution in [0.5, 0.6) is 0 Å². The third-order valence-corrected chi connectivity index (χ3v) is 3.61. The number of likely N-dealkylation sites (N-methyl/N-ethyl adjacent to an activating group) is 1. The van der Waals surface area contributed by atoms with E-state index in [2.05, 4.69) is 27.6 Å². The minimum atomic E-state index is -0.342. The molecular formula is C14H23N5O. The molecule has 1 unspecified atom stereocenters. The minimum absolute atomic E-state index is 0.187. The number of para-hydroxylation sites is 1. The largest absolute Gasteiger partial charge is 0.373 e. The van der Waals surface area contributed by atoms with Gasteiger partial charge in [-0.3, -0.25) is 15.1 Å². The quantitative estimate of drug-likeness (QED) is 0.392. The number of nitrogens with zero attached hydrogens (tertiary/aromatic N) is 2. The molecule has 0 bridgehead atoms. The maximum absolute atomic E-state index is 11.9. The van der Waals surface area contributed by atoms with Crippen molar-refractivity contribution in [2.75, 3.05) is 45.1 Å². The van der Waals surface area contributed by atoms with Gasteiger partial charge in [0.15, 0.2) is 0 Å². The topological polar surface area (TPSA) is 73.6 Å². The molecule has 1 aliphatic rings. The van der Waals surface area contributed by atoms with Gasteiger partial charge in [0.05, 0.1) is 0 Å². The highest BCUT2D eigenvalue weighted by molar-refractivity contribution is 5.84.